The first-order chi connectivity index (χ1) is 13.0. The minimum Gasteiger partial charge on any atom is -0.462 e. The van der Waals surface area contributed by atoms with Crippen molar-refractivity contribution in [1.82, 2.24) is 9.97 Å². The molecule has 0 saturated carbocycles. The van der Waals surface area contributed by atoms with Crippen molar-refractivity contribution in [1.29, 1.82) is 0 Å². The summed E-state index contributed by atoms with van der Waals surface area (Å²) in [6, 6.07) is 11.0. The maximum absolute atomic E-state index is 12.1. The molecule has 0 bridgehead atoms. The quantitative estimate of drug-likeness (QED) is 0.658. The number of halogens is 1. The second-order valence-corrected chi connectivity index (χ2v) is 6.17. The lowest BCUT2D eigenvalue weighted by molar-refractivity contribution is 0.0523. The fourth-order valence-electron chi connectivity index (χ4n) is 2.43. The maximum Gasteiger partial charge on any atom is 0.345 e. The highest BCUT2D eigenvalue weighted by Gasteiger charge is 2.13. The number of ether oxygens (including phenoxy) is 1. The van der Waals surface area contributed by atoms with Crippen LogP contribution < -0.4 is 5.56 Å². The Balaban J connectivity index is 1.83. The molecule has 0 unspecified atom stereocenters. The summed E-state index contributed by atoms with van der Waals surface area (Å²) in [5, 5.41) is 0.655. The van der Waals surface area contributed by atoms with Crippen LogP contribution in [0.15, 0.2) is 51.8 Å². The van der Waals surface area contributed by atoms with Crippen LogP contribution in [-0.2, 0) is 4.74 Å². The van der Waals surface area contributed by atoms with Gasteiger partial charge in [0.25, 0.3) is 5.56 Å². The van der Waals surface area contributed by atoms with Crippen molar-refractivity contribution in [2.24, 2.45) is 0 Å². The van der Waals surface area contributed by atoms with Gasteiger partial charge < -0.3 is 14.1 Å². The molecule has 0 amide bonds. The van der Waals surface area contributed by atoms with Gasteiger partial charge in [0.15, 0.2) is 0 Å². The summed E-state index contributed by atoms with van der Waals surface area (Å²) in [4.78, 5) is 30.5. The average Bonchev–Trinajstić information content (AvgIpc) is 3.10. The number of furan rings is 1. The van der Waals surface area contributed by atoms with Crippen LogP contribution in [0.1, 0.15) is 35.8 Å². The first-order valence-corrected chi connectivity index (χ1v) is 8.66. The van der Waals surface area contributed by atoms with E-state index < -0.39 is 11.5 Å². The number of aromatic amines is 1. The van der Waals surface area contributed by atoms with Gasteiger partial charge in [-0.25, -0.2) is 9.78 Å². The van der Waals surface area contributed by atoms with Crippen molar-refractivity contribution < 1.29 is 13.9 Å². The minimum absolute atomic E-state index is 0.128. The molecule has 1 N–H and O–H groups in total. The average molecular weight is 385 g/mol. The Morgan fingerprint density at radius 2 is 2.00 bits per heavy atom. The van der Waals surface area contributed by atoms with Gasteiger partial charge in [-0.15, -0.1) is 0 Å². The Hall–Kier alpha value is -3.12. The van der Waals surface area contributed by atoms with Crippen LogP contribution in [0.4, 0.5) is 0 Å². The molecule has 2 aromatic heterocycles. The van der Waals surface area contributed by atoms with Gasteiger partial charge in [-0.1, -0.05) is 11.6 Å². The van der Waals surface area contributed by atoms with E-state index in [-0.39, 0.29) is 12.2 Å². The third-order valence-corrected chi connectivity index (χ3v) is 4.03. The summed E-state index contributed by atoms with van der Waals surface area (Å²) in [5.74, 6) is 0.954. The molecule has 0 aliphatic rings. The van der Waals surface area contributed by atoms with Crippen LogP contribution in [-0.4, -0.2) is 22.5 Å². The molecule has 0 aliphatic carbocycles. The molecular formula is C20H17ClN2O4. The first-order valence-electron chi connectivity index (χ1n) is 8.29. The number of esters is 1. The van der Waals surface area contributed by atoms with E-state index in [2.05, 4.69) is 9.97 Å². The number of benzene rings is 1. The summed E-state index contributed by atoms with van der Waals surface area (Å²) < 4.78 is 10.6. The lowest BCUT2D eigenvalue weighted by Crippen LogP contribution is -2.21. The summed E-state index contributed by atoms with van der Waals surface area (Å²) >= 11 is 5.90. The zero-order valence-corrected chi connectivity index (χ0v) is 15.5. The van der Waals surface area contributed by atoms with Crippen LogP contribution in [0.3, 0.4) is 0 Å². The number of allylic oxidation sites excluding steroid dienone is 1. The molecule has 3 aromatic rings. The molecule has 7 heteroatoms. The largest absolute Gasteiger partial charge is 0.462 e. The number of hydrogen-bond acceptors (Lipinski definition) is 5. The lowest BCUT2D eigenvalue weighted by Gasteiger charge is -2.03. The van der Waals surface area contributed by atoms with Gasteiger partial charge in [0.2, 0.25) is 0 Å². The van der Waals surface area contributed by atoms with Crippen molar-refractivity contribution in [3.63, 3.8) is 0 Å². The topological polar surface area (TPSA) is 85.2 Å². The zero-order chi connectivity index (χ0) is 19.4. The Morgan fingerprint density at radius 1 is 1.26 bits per heavy atom. The zero-order valence-electron chi connectivity index (χ0n) is 14.8. The second kappa shape index (κ2) is 8.05. The molecule has 2 heterocycles. The van der Waals surface area contributed by atoms with Crippen LogP contribution in [0.5, 0.6) is 0 Å². The molecular weight excluding hydrogens is 368 g/mol. The molecule has 0 radical (unpaired) electrons. The van der Waals surface area contributed by atoms with E-state index in [0.29, 0.717) is 27.9 Å². The summed E-state index contributed by atoms with van der Waals surface area (Å²) in [6.07, 6.45) is 2.96. The molecule has 6 nitrogen and oxygen atoms in total. The van der Waals surface area contributed by atoms with Gasteiger partial charge in [-0.05, 0) is 61.9 Å². The van der Waals surface area contributed by atoms with Crippen LogP contribution >= 0.6 is 11.6 Å². The molecule has 1 aromatic carbocycles. The van der Waals surface area contributed by atoms with E-state index in [4.69, 9.17) is 20.8 Å². The molecule has 0 atom stereocenters. The van der Waals surface area contributed by atoms with E-state index in [9.17, 15) is 9.59 Å². The third kappa shape index (κ3) is 4.35. The molecule has 3 rings (SSSR count). The van der Waals surface area contributed by atoms with E-state index >= 15 is 0 Å². The van der Waals surface area contributed by atoms with E-state index in [1.165, 1.54) is 6.20 Å². The van der Waals surface area contributed by atoms with Crippen molar-refractivity contribution in [3.8, 4) is 11.3 Å². The van der Waals surface area contributed by atoms with Crippen molar-refractivity contribution in [3.05, 3.63) is 75.1 Å². The molecule has 0 saturated heterocycles. The first kappa shape index (κ1) is 18.7. The molecule has 27 heavy (non-hydrogen) atoms. The number of nitrogens with one attached hydrogen (secondary N) is 1. The standard InChI is InChI=1S/C20H17ClN2O4/c1-3-26-20(25)16-11-22-18(23-19(16)24)12(2)10-15-8-9-17(27-15)13-4-6-14(21)7-5-13/h4-11H,3H2,1-2H3,(H,22,23,24). The van der Waals surface area contributed by atoms with Gasteiger partial charge in [0.1, 0.15) is 22.9 Å². The van der Waals surface area contributed by atoms with Gasteiger partial charge in [0, 0.05) is 16.8 Å². The van der Waals surface area contributed by atoms with Crippen LogP contribution in [0.2, 0.25) is 5.02 Å². The third-order valence-electron chi connectivity index (χ3n) is 3.78. The van der Waals surface area contributed by atoms with E-state index in [1.807, 2.05) is 24.3 Å². The molecule has 138 valence electrons. The predicted octanol–water partition coefficient (Wildman–Crippen LogP) is 4.42. The molecule has 0 aliphatic heterocycles. The summed E-state index contributed by atoms with van der Waals surface area (Å²) in [7, 11) is 0. The Labute approximate surface area is 160 Å². The van der Waals surface area contributed by atoms with Gasteiger partial charge in [-0.2, -0.15) is 0 Å². The van der Waals surface area contributed by atoms with E-state index in [0.717, 1.165) is 5.56 Å². The number of carbonyl (C=O) groups is 1. The molecule has 0 fully saturated rings. The smallest absolute Gasteiger partial charge is 0.345 e. The maximum atomic E-state index is 12.1. The Kier molecular flexibility index (Phi) is 5.57. The van der Waals surface area contributed by atoms with Crippen molar-refractivity contribution in [2.45, 2.75) is 13.8 Å². The lowest BCUT2D eigenvalue weighted by atomic mass is 10.2. The minimum atomic E-state index is -0.696. The number of carbonyl (C=O) groups excluding carboxylic acids is 1. The van der Waals surface area contributed by atoms with E-state index in [1.54, 1.807) is 32.1 Å². The normalized spacial score (nSPS) is 11.4. The number of hydrogen-bond donors (Lipinski definition) is 1. The highest BCUT2D eigenvalue weighted by atomic mass is 35.5. The Morgan fingerprint density at radius 3 is 2.67 bits per heavy atom. The summed E-state index contributed by atoms with van der Waals surface area (Å²) in [5.41, 5.74) is 0.908. The van der Waals surface area contributed by atoms with Crippen LogP contribution in [0, 0.1) is 0 Å². The Bertz CT molecular complexity index is 1050. The highest BCUT2D eigenvalue weighted by molar-refractivity contribution is 6.30. The number of nitrogens with zero attached hydrogens (tertiary/aromatic N) is 1. The van der Waals surface area contributed by atoms with Gasteiger partial charge >= 0.3 is 5.97 Å². The SMILES string of the molecule is CCOC(=O)c1cnc(C(C)=Cc2ccc(-c3ccc(Cl)cc3)o2)[nH]c1=O. The number of rotatable bonds is 5. The highest BCUT2D eigenvalue weighted by Crippen LogP contribution is 2.25. The van der Waals surface area contributed by atoms with Gasteiger partial charge in [-0.3, -0.25) is 4.79 Å². The summed E-state index contributed by atoms with van der Waals surface area (Å²) in [6.45, 7) is 3.64. The fourth-order valence-corrected chi connectivity index (χ4v) is 2.56. The number of aromatic nitrogens is 2. The predicted molar refractivity (Wildman–Crippen MR) is 104 cm³/mol. The van der Waals surface area contributed by atoms with Crippen molar-refractivity contribution >= 4 is 29.2 Å². The van der Waals surface area contributed by atoms with Crippen molar-refractivity contribution in [2.75, 3.05) is 6.61 Å². The monoisotopic (exact) mass is 384 g/mol. The van der Waals surface area contributed by atoms with Crippen LogP contribution in [0.25, 0.3) is 23.0 Å². The van der Waals surface area contributed by atoms with Gasteiger partial charge in [0.05, 0.1) is 6.61 Å². The molecule has 0 spiro atoms. The second-order valence-electron chi connectivity index (χ2n) is 5.73. The fraction of sp³-hybridized carbons (Fsp3) is 0.150. The number of H-pyrrole nitrogens is 1.